The molecule has 0 atom stereocenters. The van der Waals surface area contributed by atoms with E-state index in [0.29, 0.717) is 17.3 Å². The van der Waals surface area contributed by atoms with Crippen molar-refractivity contribution < 1.29 is 19.1 Å². The van der Waals surface area contributed by atoms with Crippen LogP contribution in [0.15, 0.2) is 26.0 Å². The lowest BCUT2D eigenvalue weighted by Gasteiger charge is -2.10. The van der Waals surface area contributed by atoms with Gasteiger partial charge in [-0.1, -0.05) is 0 Å². The fraction of sp³-hybridized carbons (Fsp3) is 0.286. The predicted octanol–water partition coefficient (Wildman–Crippen LogP) is 3.90. The third kappa shape index (κ3) is 3.73. The molecule has 0 spiro atoms. The van der Waals surface area contributed by atoms with Crippen molar-refractivity contribution in [2.24, 2.45) is 0 Å². The second kappa shape index (κ2) is 7.63. The Morgan fingerprint density at radius 1 is 1.23 bits per heavy atom. The number of carbonyl (C=O) groups is 2. The van der Waals surface area contributed by atoms with E-state index in [1.54, 1.807) is 13.2 Å². The Morgan fingerprint density at radius 2 is 1.86 bits per heavy atom. The minimum absolute atomic E-state index is 0.258. The maximum Gasteiger partial charge on any atom is 0.293 e. The first-order chi connectivity index (χ1) is 10.5. The standard InChI is InChI=1S/C14H13Br2NO4S/c1-20-4-3-17-13(18)11(22-14(17)19)7-8-5-9(15)12(21-2)10(16)6-8/h5-7H,3-4H2,1-2H3/b11-7+. The monoisotopic (exact) mass is 449 g/mol. The van der Waals surface area contributed by atoms with Gasteiger partial charge in [0, 0.05) is 7.11 Å². The Labute approximate surface area is 149 Å². The Balaban J connectivity index is 2.27. The van der Waals surface area contributed by atoms with Crippen LogP contribution in [0.4, 0.5) is 4.79 Å². The lowest BCUT2D eigenvalue weighted by molar-refractivity contribution is -0.123. The SMILES string of the molecule is COCCN1C(=O)S/C(=C/c2cc(Br)c(OC)c(Br)c2)C1=O. The van der Waals surface area contributed by atoms with E-state index in [-0.39, 0.29) is 17.7 Å². The molecule has 0 radical (unpaired) electrons. The van der Waals surface area contributed by atoms with E-state index in [1.807, 2.05) is 12.1 Å². The van der Waals surface area contributed by atoms with Crippen LogP contribution in [0.25, 0.3) is 6.08 Å². The summed E-state index contributed by atoms with van der Waals surface area (Å²) in [7, 11) is 3.10. The fourth-order valence-corrected chi connectivity index (χ4v) is 4.30. The van der Waals surface area contributed by atoms with Crippen LogP contribution in [0.3, 0.4) is 0 Å². The van der Waals surface area contributed by atoms with Crippen molar-refractivity contribution in [2.75, 3.05) is 27.4 Å². The zero-order valence-corrected chi connectivity index (χ0v) is 15.9. The number of hydrogen-bond donors (Lipinski definition) is 0. The minimum Gasteiger partial charge on any atom is -0.494 e. The largest absolute Gasteiger partial charge is 0.494 e. The van der Waals surface area contributed by atoms with Gasteiger partial charge in [0.2, 0.25) is 0 Å². The number of amides is 2. The molecule has 22 heavy (non-hydrogen) atoms. The van der Waals surface area contributed by atoms with E-state index in [9.17, 15) is 9.59 Å². The second-order valence-corrected chi connectivity index (χ2v) is 7.05. The van der Waals surface area contributed by atoms with E-state index >= 15 is 0 Å². The molecule has 1 aromatic carbocycles. The van der Waals surface area contributed by atoms with Gasteiger partial charge in [-0.15, -0.1) is 0 Å². The maximum absolute atomic E-state index is 12.2. The molecule has 1 aliphatic rings. The zero-order chi connectivity index (χ0) is 16.3. The van der Waals surface area contributed by atoms with E-state index in [1.165, 1.54) is 12.0 Å². The topological polar surface area (TPSA) is 55.8 Å². The summed E-state index contributed by atoms with van der Waals surface area (Å²) in [5.74, 6) is 0.375. The average Bonchev–Trinajstić information content (AvgIpc) is 2.71. The minimum atomic E-state index is -0.296. The second-order valence-electron chi connectivity index (χ2n) is 4.34. The highest BCUT2D eigenvalue weighted by Crippen LogP contribution is 2.37. The van der Waals surface area contributed by atoms with Gasteiger partial charge >= 0.3 is 0 Å². The molecular weight excluding hydrogens is 438 g/mol. The lowest BCUT2D eigenvalue weighted by atomic mass is 10.2. The van der Waals surface area contributed by atoms with Gasteiger partial charge in [0.1, 0.15) is 5.75 Å². The number of halogens is 2. The summed E-state index contributed by atoms with van der Waals surface area (Å²) in [6.45, 7) is 0.583. The number of benzene rings is 1. The molecule has 0 aromatic heterocycles. The molecule has 1 heterocycles. The summed E-state index contributed by atoms with van der Waals surface area (Å²) in [6, 6.07) is 3.65. The molecule has 1 aliphatic heterocycles. The summed E-state index contributed by atoms with van der Waals surface area (Å²) < 4.78 is 11.7. The van der Waals surface area contributed by atoms with Crippen molar-refractivity contribution in [2.45, 2.75) is 0 Å². The fourth-order valence-electron chi connectivity index (χ4n) is 1.88. The summed E-state index contributed by atoms with van der Waals surface area (Å²) in [5, 5.41) is -0.278. The summed E-state index contributed by atoms with van der Waals surface area (Å²) in [4.78, 5) is 25.7. The van der Waals surface area contributed by atoms with Crippen LogP contribution in [0.2, 0.25) is 0 Å². The predicted molar refractivity (Wildman–Crippen MR) is 92.9 cm³/mol. The third-order valence-corrected chi connectivity index (χ3v) is 5.00. The molecular formula is C14H13Br2NO4S. The number of imide groups is 1. The number of ether oxygens (including phenoxy) is 2. The van der Waals surface area contributed by atoms with Crippen LogP contribution in [-0.2, 0) is 9.53 Å². The molecule has 0 bridgehead atoms. The molecule has 0 saturated carbocycles. The first-order valence-corrected chi connectivity index (χ1v) is 8.65. The molecule has 8 heteroatoms. The van der Waals surface area contributed by atoms with Gasteiger partial charge < -0.3 is 9.47 Å². The smallest absolute Gasteiger partial charge is 0.293 e. The first kappa shape index (κ1) is 17.5. The number of thioether (sulfide) groups is 1. The molecule has 118 valence electrons. The Bertz CT molecular complexity index is 625. The number of methoxy groups -OCH3 is 2. The molecule has 0 N–H and O–H groups in total. The normalized spacial score (nSPS) is 16.7. The quantitative estimate of drug-likeness (QED) is 0.636. The molecule has 0 unspecified atom stereocenters. The van der Waals surface area contributed by atoms with Crippen LogP contribution in [0.1, 0.15) is 5.56 Å². The zero-order valence-electron chi connectivity index (χ0n) is 11.9. The highest BCUT2D eigenvalue weighted by molar-refractivity contribution is 9.11. The van der Waals surface area contributed by atoms with E-state index in [4.69, 9.17) is 9.47 Å². The number of hydrogen-bond acceptors (Lipinski definition) is 5. The summed E-state index contributed by atoms with van der Waals surface area (Å²) in [5.41, 5.74) is 0.789. The molecule has 5 nitrogen and oxygen atoms in total. The molecule has 1 fully saturated rings. The van der Waals surface area contributed by atoms with Crippen LogP contribution in [-0.4, -0.2) is 43.4 Å². The van der Waals surface area contributed by atoms with Gasteiger partial charge in [-0.05, 0) is 67.4 Å². The van der Waals surface area contributed by atoms with Gasteiger partial charge in [0.25, 0.3) is 11.1 Å². The first-order valence-electron chi connectivity index (χ1n) is 6.25. The molecule has 2 rings (SSSR count). The van der Waals surface area contributed by atoms with Gasteiger partial charge in [-0.25, -0.2) is 0 Å². The third-order valence-electron chi connectivity index (χ3n) is 2.92. The van der Waals surface area contributed by atoms with Crippen molar-refractivity contribution in [3.8, 4) is 5.75 Å². The van der Waals surface area contributed by atoms with Gasteiger partial charge in [-0.2, -0.15) is 0 Å². The number of carbonyl (C=O) groups excluding carboxylic acids is 2. The number of nitrogens with zero attached hydrogens (tertiary/aromatic N) is 1. The number of rotatable bonds is 5. The maximum atomic E-state index is 12.2. The average molecular weight is 451 g/mol. The highest BCUT2D eigenvalue weighted by Gasteiger charge is 2.34. The Kier molecular flexibility index (Phi) is 6.08. The lowest BCUT2D eigenvalue weighted by Crippen LogP contribution is -2.31. The Hall–Kier alpha value is -0.830. The van der Waals surface area contributed by atoms with Crippen molar-refractivity contribution in [1.82, 2.24) is 4.90 Å². The van der Waals surface area contributed by atoms with E-state index in [0.717, 1.165) is 26.3 Å². The Morgan fingerprint density at radius 3 is 2.41 bits per heavy atom. The van der Waals surface area contributed by atoms with Crippen LogP contribution in [0, 0.1) is 0 Å². The summed E-state index contributed by atoms with van der Waals surface area (Å²) in [6.07, 6.45) is 1.69. The van der Waals surface area contributed by atoms with E-state index < -0.39 is 0 Å². The van der Waals surface area contributed by atoms with Gasteiger partial charge in [-0.3, -0.25) is 14.5 Å². The van der Waals surface area contributed by atoms with Crippen LogP contribution in [0.5, 0.6) is 5.75 Å². The van der Waals surface area contributed by atoms with Crippen molar-refractivity contribution in [3.63, 3.8) is 0 Å². The van der Waals surface area contributed by atoms with Crippen molar-refractivity contribution >= 4 is 60.8 Å². The van der Waals surface area contributed by atoms with Crippen LogP contribution >= 0.6 is 43.6 Å². The van der Waals surface area contributed by atoms with Gasteiger partial charge in [0.05, 0.1) is 34.1 Å². The molecule has 1 aromatic rings. The highest BCUT2D eigenvalue weighted by atomic mass is 79.9. The van der Waals surface area contributed by atoms with E-state index in [2.05, 4.69) is 31.9 Å². The van der Waals surface area contributed by atoms with Crippen LogP contribution < -0.4 is 4.74 Å². The van der Waals surface area contributed by atoms with Crippen molar-refractivity contribution in [3.05, 3.63) is 31.5 Å². The van der Waals surface area contributed by atoms with Crippen molar-refractivity contribution in [1.29, 1.82) is 0 Å². The van der Waals surface area contributed by atoms with Gasteiger partial charge in [0.15, 0.2) is 0 Å². The molecule has 1 saturated heterocycles. The molecule has 0 aliphatic carbocycles. The molecule has 2 amide bonds. The summed E-state index contributed by atoms with van der Waals surface area (Å²) >= 11 is 7.75.